The monoisotopic (exact) mass is 321 g/mol. The average Bonchev–Trinajstić information content (AvgIpc) is 2.55. The molecule has 5 nitrogen and oxygen atoms in total. The Bertz CT molecular complexity index is 475. The normalized spacial score (nSPS) is 11.4. The third-order valence-corrected chi connectivity index (χ3v) is 3.44. The van der Waals surface area contributed by atoms with E-state index in [-0.39, 0.29) is 0 Å². The minimum Gasteiger partial charge on any atom is -0.496 e. The molecule has 0 fully saturated rings. The molecule has 0 aliphatic heterocycles. The summed E-state index contributed by atoms with van der Waals surface area (Å²) < 4.78 is 10.6. The Morgan fingerprint density at radius 2 is 2.00 bits per heavy atom. The van der Waals surface area contributed by atoms with Crippen LogP contribution in [0.3, 0.4) is 0 Å². The van der Waals surface area contributed by atoms with Gasteiger partial charge in [-0.25, -0.2) is 4.99 Å². The number of hydrogen-bond donors (Lipinski definition) is 2. The lowest BCUT2D eigenvalue weighted by molar-refractivity contribution is 0.143. The van der Waals surface area contributed by atoms with Crippen LogP contribution in [0.25, 0.3) is 0 Å². The van der Waals surface area contributed by atoms with Crippen molar-refractivity contribution in [3.63, 3.8) is 0 Å². The predicted molar refractivity (Wildman–Crippen MR) is 96.3 cm³/mol. The summed E-state index contributed by atoms with van der Waals surface area (Å²) >= 11 is 0. The molecule has 0 aliphatic carbocycles. The highest BCUT2D eigenvalue weighted by Gasteiger charge is 2.01. The first-order valence-electron chi connectivity index (χ1n) is 8.44. The first-order chi connectivity index (χ1) is 11.2. The number of nitrogens with zero attached hydrogens (tertiary/aromatic N) is 1. The molecule has 5 heteroatoms. The van der Waals surface area contributed by atoms with E-state index in [4.69, 9.17) is 9.47 Å². The quantitative estimate of drug-likeness (QED) is 0.395. The van der Waals surface area contributed by atoms with Crippen molar-refractivity contribution in [1.82, 2.24) is 10.6 Å². The minimum absolute atomic E-state index is 0.652. The molecule has 0 aromatic heterocycles. The first kappa shape index (κ1) is 19.3. The van der Waals surface area contributed by atoms with Crippen molar-refractivity contribution in [2.45, 2.75) is 40.2 Å². The van der Waals surface area contributed by atoms with Crippen LogP contribution in [-0.2, 0) is 11.3 Å². The molecule has 1 aromatic rings. The number of unbranched alkanes of at least 4 members (excludes halogenated alkanes) is 1. The van der Waals surface area contributed by atoms with Crippen molar-refractivity contribution in [3.05, 3.63) is 29.3 Å². The molecule has 1 rings (SSSR count). The molecular weight excluding hydrogens is 290 g/mol. The van der Waals surface area contributed by atoms with Crippen molar-refractivity contribution < 1.29 is 9.47 Å². The highest BCUT2D eigenvalue weighted by Crippen LogP contribution is 2.18. The number of hydrogen-bond acceptors (Lipinski definition) is 3. The topological polar surface area (TPSA) is 54.9 Å². The van der Waals surface area contributed by atoms with Gasteiger partial charge in [0.25, 0.3) is 0 Å². The number of rotatable bonds is 10. The van der Waals surface area contributed by atoms with Gasteiger partial charge in [-0.3, -0.25) is 0 Å². The molecule has 0 saturated carbocycles. The number of methoxy groups -OCH3 is 1. The number of nitrogens with one attached hydrogen (secondary N) is 2. The zero-order valence-electron chi connectivity index (χ0n) is 14.9. The second-order valence-electron chi connectivity index (χ2n) is 5.33. The summed E-state index contributed by atoms with van der Waals surface area (Å²) in [6, 6.07) is 6.17. The summed E-state index contributed by atoms with van der Waals surface area (Å²) in [5, 5.41) is 6.64. The van der Waals surface area contributed by atoms with Crippen LogP contribution in [-0.4, -0.2) is 39.4 Å². The predicted octanol–water partition coefficient (Wildman–Crippen LogP) is 2.88. The van der Waals surface area contributed by atoms with Crippen LogP contribution in [0.2, 0.25) is 0 Å². The lowest BCUT2D eigenvalue weighted by Crippen LogP contribution is -2.37. The summed E-state index contributed by atoms with van der Waals surface area (Å²) in [7, 11) is 1.69. The van der Waals surface area contributed by atoms with Gasteiger partial charge in [-0.2, -0.15) is 0 Å². The number of aliphatic imine (C=N–C) groups is 1. The van der Waals surface area contributed by atoms with E-state index in [9.17, 15) is 0 Å². The smallest absolute Gasteiger partial charge is 0.191 e. The molecular formula is C18H31N3O2. The Morgan fingerprint density at radius 1 is 1.17 bits per heavy atom. The second-order valence-corrected chi connectivity index (χ2v) is 5.33. The van der Waals surface area contributed by atoms with Gasteiger partial charge in [0.15, 0.2) is 5.96 Å². The average molecular weight is 321 g/mol. The number of ether oxygens (including phenoxy) is 2. The number of guanidine groups is 1. The van der Waals surface area contributed by atoms with Gasteiger partial charge >= 0.3 is 0 Å². The van der Waals surface area contributed by atoms with E-state index < -0.39 is 0 Å². The molecule has 0 unspecified atom stereocenters. The molecule has 0 amide bonds. The van der Waals surface area contributed by atoms with Crippen LogP contribution in [0, 0.1) is 6.92 Å². The Balaban J connectivity index is 2.46. The van der Waals surface area contributed by atoms with Crippen LogP contribution in [0.15, 0.2) is 23.2 Å². The fraction of sp³-hybridized carbons (Fsp3) is 0.611. The Morgan fingerprint density at radius 3 is 2.65 bits per heavy atom. The number of benzene rings is 1. The molecule has 0 heterocycles. The zero-order valence-corrected chi connectivity index (χ0v) is 14.9. The standard InChI is InChI=1S/C18H31N3O2/c1-5-19-18(20-11-7-8-12-23-6-2)21-14-16-9-10-17(22-4)15(3)13-16/h9-10,13H,5-8,11-12,14H2,1-4H3,(H2,19,20,21). The van der Waals surface area contributed by atoms with Gasteiger partial charge in [-0.15, -0.1) is 0 Å². The Labute approximate surface area is 140 Å². The molecule has 1 aromatic carbocycles. The van der Waals surface area contributed by atoms with E-state index in [0.29, 0.717) is 6.54 Å². The molecule has 0 bridgehead atoms. The van der Waals surface area contributed by atoms with Crippen LogP contribution >= 0.6 is 0 Å². The molecule has 0 spiro atoms. The van der Waals surface area contributed by atoms with Gasteiger partial charge in [0.05, 0.1) is 13.7 Å². The maximum Gasteiger partial charge on any atom is 0.191 e. The van der Waals surface area contributed by atoms with Gasteiger partial charge in [-0.1, -0.05) is 12.1 Å². The van der Waals surface area contributed by atoms with E-state index in [0.717, 1.165) is 56.4 Å². The highest BCUT2D eigenvalue weighted by molar-refractivity contribution is 5.79. The highest BCUT2D eigenvalue weighted by atomic mass is 16.5. The maximum absolute atomic E-state index is 5.34. The van der Waals surface area contributed by atoms with Crippen molar-refractivity contribution in [2.24, 2.45) is 4.99 Å². The molecule has 0 saturated heterocycles. The van der Waals surface area contributed by atoms with Gasteiger partial charge in [0.2, 0.25) is 0 Å². The minimum atomic E-state index is 0.652. The third-order valence-electron chi connectivity index (χ3n) is 3.44. The van der Waals surface area contributed by atoms with Crippen LogP contribution in [0.1, 0.15) is 37.8 Å². The van der Waals surface area contributed by atoms with Gasteiger partial charge in [0, 0.05) is 26.3 Å². The zero-order chi connectivity index (χ0) is 16.9. The number of aryl methyl sites for hydroxylation is 1. The Kier molecular flexibility index (Phi) is 9.87. The summed E-state index contributed by atoms with van der Waals surface area (Å²) in [5.74, 6) is 1.77. The largest absolute Gasteiger partial charge is 0.496 e. The van der Waals surface area contributed by atoms with Crippen LogP contribution in [0.5, 0.6) is 5.75 Å². The molecule has 23 heavy (non-hydrogen) atoms. The first-order valence-corrected chi connectivity index (χ1v) is 8.44. The molecule has 130 valence electrons. The van der Waals surface area contributed by atoms with Gasteiger partial charge < -0.3 is 20.1 Å². The molecule has 0 atom stereocenters. The second kappa shape index (κ2) is 11.8. The lowest BCUT2D eigenvalue weighted by atomic mass is 10.1. The van der Waals surface area contributed by atoms with E-state index >= 15 is 0 Å². The lowest BCUT2D eigenvalue weighted by Gasteiger charge is -2.12. The fourth-order valence-electron chi connectivity index (χ4n) is 2.23. The molecule has 0 aliphatic rings. The third kappa shape index (κ3) is 7.88. The van der Waals surface area contributed by atoms with Crippen molar-refractivity contribution in [2.75, 3.05) is 33.4 Å². The molecule has 0 radical (unpaired) electrons. The summed E-state index contributed by atoms with van der Waals surface area (Å²) in [5.41, 5.74) is 2.31. The molecule has 2 N–H and O–H groups in total. The van der Waals surface area contributed by atoms with Crippen molar-refractivity contribution >= 4 is 5.96 Å². The van der Waals surface area contributed by atoms with E-state index in [2.05, 4.69) is 34.7 Å². The van der Waals surface area contributed by atoms with Crippen molar-refractivity contribution in [1.29, 1.82) is 0 Å². The van der Waals surface area contributed by atoms with E-state index in [1.165, 1.54) is 5.56 Å². The van der Waals surface area contributed by atoms with Crippen LogP contribution in [0.4, 0.5) is 0 Å². The van der Waals surface area contributed by atoms with Gasteiger partial charge in [0.1, 0.15) is 5.75 Å². The summed E-state index contributed by atoms with van der Waals surface area (Å²) in [6.45, 7) is 10.2. The van der Waals surface area contributed by atoms with E-state index in [1.807, 2.05) is 19.9 Å². The Hall–Kier alpha value is -1.75. The van der Waals surface area contributed by atoms with Crippen molar-refractivity contribution in [3.8, 4) is 5.75 Å². The summed E-state index contributed by atoms with van der Waals surface area (Å²) in [6.07, 6.45) is 2.14. The maximum atomic E-state index is 5.34. The SMILES string of the molecule is CCNC(=NCc1ccc(OC)c(C)c1)NCCCCOCC. The van der Waals surface area contributed by atoms with Crippen LogP contribution < -0.4 is 15.4 Å². The van der Waals surface area contributed by atoms with Gasteiger partial charge in [-0.05, 0) is 50.8 Å². The van der Waals surface area contributed by atoms with E-state index in [1.54, 1.807) is 7.11 Å². The summed E-state index contributed by atoms with van der Waals surface area (Å²) in [4.78, 5) is 4.64. The fourth-order valence-corrected chi connectivity index (χ4v) is 2.23.